The van der Waals surface area contributed by atoms with E-state index in [0.717, 1.165) is 21.4 Å². The summed E-state index contributed by atoms with van der Waals surface area (Å²) in [5.74, 6) is 0.167. The molecule has 1 atom stereocenters. The SMILES string of the molecule is Cc1cc(NC(=O)CSc2nnc(C(C)Oc3ccccc3F)n2-c2ccccc2)ccc1Br. The first kappa shape index (κ1) is 24.0. The Morgan fingerprint density at radius 1 is 1.12 bits per heavy atom. The zero-order chi connectivity index (χ0) is 24.1. The molecule has 4 aromatic rings. The van der Waals surface area contributed by atoms with Crippen LogP contribution >= 0.6 is 27.7 Å². The number of nitrogens with zero attached hydrogens (tertiary/aromatic N) is 3. The van der Waals surface area contributed by atoms with Gasteiger partial charge in [0.25, 0.3) is 0 Å². The molecule has 0 aliphatic heterocycles. The van der Waals surface area contributed by atoms with Gasteiger partial charge in [-0.15, -0.1) is 10.2 Å². The molecule has 1 N–H and O–H groups in total. The number of aryl methyl sites for hydroxylation is 1. The number of amides is 1. The highest BCUT2D eigenvalue weighted by Gasteiger charge is 2.22. The van der Waals surface area contributed by atoms with Crippen LogP contribution in [0.15, 0.2) is 82.4 Å². The van der Waals surface area contributed by atoms with Crippen molar-refractivity contribution < 1.29 is 13.9 Å². The number of benzene rings is 3. The molecule has 0 bridgehead atoms. The van der Waals surface area contributed by atoms with Gasteiger partial charge in [-0.2, -0.15) is 0 Å². The van der Waals surface area contributed by atoms with E-state index in [1.807, 2.05) is 60.0 Å². The molecule has 0 aliphatic carbocycles. The molecule has 1 unspecified atom stereocenters. The third-order valence-corrected chi connectivity index (χ3v) is 6.77. The maximum atomic E-state index is 14.1. The normalized spacial score (nSPS) is 11.8. The minimum absolute atomic E-state index is 0.135. The molecule has 174 valence electrons. The number of hydrogen-bond donors (Lipinski definition) is 1. The predicted octanol–water partition coefficient (Wildman–Crippen LogP) is 6.35. The van der Waals surface area contributed by atoms with Gasteiger partial charge >= 0.3 is 0 Å². The van der Waals surface area contributed by atoms with Crippen LogP contribution in [0.4, 0.5) is 10.1 Å². The molecule has 0 saturated heterocycles. The van der Waals surface area contributed by atoms with Gasteiger partial charge in [-0.25, -0.2) is 4.39 Å². The van der Waals surface area contributed by atoms with E-state index in [1.54, 1.807) is 25.1 Å². The lowest BCUT2D eigenvalue weighted by Gasteiger charge is -2.17. The number of aromatic nitrogens is 3. The van der Waals surface area contributed by atoms with Crippen LogP contribution in [0.1, 0.15) is 24.4 Å². The number of anilines is 1. The number of halogens is 2. The monoisotopic (exact) mass is 540 g/mol. The van der Waals surface area contributed by atoms with Crippen LogP contribution in [0.2, 0.25) is 0 Å². The summed E-state index contributed by atoms with van der Waals surface area (Å²) in [6, 6.07) is 21.4. The van der Waals surface area contributed by atoms with E-state index in [0.29, 0.717) is 11.0 Å². The molecule has 1 amide bonds. The molecule has 0 radical (unpaired) electrons. The Morgan fingerprint density at radius 2 is 1.85 bits per heavy atom. The van der Waals surface area contributed by atoms with Crippen LogP contribution in [-0.2, 0) is 4.79 Å². The zero-order valence-electron chi connectivity index (χ0n) is 18.5. The average Bonchev–Trinajstić information content (AvgIpc) is 3.26. The van der Waals surface area contributed by atoms with E-state index in [2.05, 4.69) is 31.4 Å². The van der Waals surface area contributed by atoms with Crippen molar-refractivity contribution >= 4 is 39.3 Å². The third kappa shape index (κ3) is 5.66. The van der Waals surface area contributed by atoms with Crippen molar-refractivity contribution in [3.63, 3.8) is 0 Å². The third-order valence-electron chi connectivity index (χ3n) is 4.95. The molecule has 34 heavy (non-hydrogen) atoms. The first-order chi connectivity index (χ1) is 16.4. The average molecular weight is 541 g/mol. The number of rotatable bonds is 8. The second kappa shape index (κ2) is 10.8. The van der Waals surface area contributed by atoms with Crippen LogP contribution < -0.4 is 10.1 Å². The summed E-state index contributed by atoms with van der Waals surface area (Å²) in [6.07, 6.45) is -0.585. The van der Waals surface area contributed by atoms with Crippen molar-refractivity contribution in [1.29, 1.82) is 0 Å². The van der Waals surface area contributed by atoms with E-state index in [-0.39, 0.29) is 17.4 Å². The predicted molar refractivity (Wildman–Crippen MR) is 135 cm³/mol. The highest BCUT2D eigenvalue weighted by Crippen LogP contribution is 2.29. The van der Waals surface area contributed by atoms with Gasteiger partial charge in [-0.3, -0.25) is 9.36 Å². The van der Waals surface area contributed by atoms with Gasteiger partial charge in [-0.05, 0) is 61.9 Å². The highest BCUT2D eigenvalue weighted by atomic mass is 79.9. The van der Waals surface area contributed by atoms with E-state index in [1.165, 1.54) is 17.8 Å². The number of nitrogens with one attached hydrogen (secondary N) is 1. The van der Waals surface area contributed by atoms with Crippen LogP contribution in [0.5, 0.6) is 5.75 Å². The summed E-state index contributed by atoms with van der Waals surface area (Å²) in [5, 5.41) is 12.0. The van der Waals surface area contributed by atoms with E-state index in [9.17, 15) is 9.18 Å². The standard InChI is InChI=1S/C25H22BrFN4O2S/c1-16-14-18(12-13-20(16)26)28-23(32)15-34-25-30-29-24(31(25)19-8-4-3-5-9-19)17(2)33-22-11-7-6-10-21(22)27/h3-14,17H,15H2,1-2H3,(H,28,32). The molecule has 4 rings (SSSR count). The number of hydrogen-bond acceptors (Lipinski definition) is 5. The lowest BCUT2D eigenvalue weighted by Crippen LogP contribution is -2.15. The largest absolute Gasteiger partial charge is 0.480 e. The smallest absolute Gasteiger partial charge is 0.234 e. The van der Waals surface area contributed by atoms with Crippen molar-refractivity contribution in [2.45, 2.75) is 25.1 Å². The maximum Gasteiger partial charge on any atom is 0.234 e. The Morgan fingerprint density at radius 3 is 2.59 bits per heavy atom. The molecule has 0 spiro atoms. The Bertz CT molecular complexity index is 1300. The topological polar surface area (TPSA) is 69.0 Å². The Kier molecular flexibility index (Phi) is 7.64. The fourth-order valence-corrected chi connectivity index (χ4v) is 4.30. The second-order valence-corrected chi connectivity index (χ2v) is 9.30. The first-order valence-corrected chi connectivity index (χ1v) is 12.3. The Hall–Kier alpha value is -3.17. The number of carbonyl (C=O) groups excluding carboxylic acids is 1. The number of para-hydroxylation sites is 2. The maximum absolute atomic E-state index is 14.1. The molecule has 1 heterocycles. The Labute approximate surface area is 209 Å². The van der Waals surface area contributed by atoms with Crippen molar-refractivity contribution in [3.8, 4) is 11.4 Å². The highest BCUT2D eigenvalue weighted by molar-refractivity contribution is 9.10. The summed E-state index contributed by atoms with van der Waals surface area (Å²) in [5.41, 5.74) is 2.57. The van der Waals surface area contributed by atoms with Gasteiger partial charge in [0, 0.05) is 15.8 Å². The number of ether oxygens (including phenoxy) is 1. The summed E-state index contributed by atoms with van der Waals surface area (Å²) in [6.45, 7) is 3.75. The first-order valence-electron chi connectivity index (χ1n) is 10.5. The molecule has 0 fully saturated rings. The molecule has 3 aromatic carbocycles. The molecule has 6 nitrogen and oxygen atoms in total. The fourth-order valence-electron chi connectivity index (χ4n) is 3.29. The van der Waals surface area contributed by atoms with Crippen LogP contribution in [0.3, 0.4) is 0 Å². The molecule has 0 aliphatic rings. The molecule has 1 aromatic heterocycles. The van der Waals surface area contributed by atoms with Gasteiger partial charge in [0.05, 0.1) is 5.75 Å². The van der Waals surface area contributed by atoms with Gasteiger partial charge in [0.15, 0.2) is 28.7 Å². The molecular weight excluding hydrogens is 519 g/mol. The summed E-state index contributed by atoms with van der Waals surface area (Å²) in [7, 11) is 0. The van der Waals surface area contributed by atoms with Crippen LogP contribution in [0, 0.1) is 12.7 Å². The minimum atomic E-state index is -0.585. The van der Waals surface area contributed by atoms with Crippen molar-refractivity contribution in [3.05, 3.63) is 94.5 Å². The number of carbonyl (C=O) groups is 1. The zero-order valence-corrected chi connectivity index (χ0v) is 20.9. The molecule has 0 saturated carbocycles. The molecular formula is C25H22BrFN4O2S. The van der Waals surface area contributed by atoms with Gasteiger partial charge in [-0.1, -0.05) is 58.0 Å². The lowest BCUT2D eigenvalue weighted by molar-refractivity contribution is -0.113. The van der Waals surface area contributed by atoms with E-state index in [4.69, 9.17) is 4.74 Å². The minimum Gasteiger partial charge on any atom is -0.480 e. The van der Waals surface area contributed by atoms with Crippen molar-refractivity contribution in [2.75, 3.05) is 11.1 Å². The quantitative estimate of drug-likeness (QED) is 0.264. The van der Waals surface area contributed by atoms with Gasteiger partial charge in [0.2, 0.25) is 5.91 Å². The van der Waals surface area contributed by atoms with E-state index < -0.39 is 11.9 Å². The number of thioether (sulfide) groups is 1. The van der Waals surface area contributed by atoms with Crippen molar-refractivity contribution in [1.82, 2.24) is 14.8 Å². The van der Waals surface area contributed by atoms with Gasteiger partial charge < -0.3 is 10.1 Å². The van der Waals surface area contributed by atoms with Crippen molar-refractivity contribution in [2.24, 2.45) is 0 Å². The van der Waals surface area contributed by atoms with Crippen LogP contribution in [-0.4, -0.2) is 26.4 Å². The Balaban J connectivity index is 1.54. The van der Waals surface area contributed by atoms with E-state index >= 15 is 0 Å². The summed E-state index contributed by atoms with van der Waals surface area (Å²) in [4.78, 5) is 12.6. The second-order valence-electron chi connectivity index (χ2n) is 7.50. The fraction of sp³-hybridized carbons (Fsp3) is 0.160. The van der Waals surface area contributed by atoms with Crippen LogP contribution in [0.25, 0.3) is 5.69 Å². The molecule has 9 heteroatoms. The summed E-state index contributed by atoms with van der Waals surface area (Å²) < 4.78 is 22.8. The summed E-state index contributed by atoms with van der Waals surface area (Å²) >= 11 is 4.72. The van der Waals surface area contributed by atoms with Gasteiger partial charge in [0.1, 0.15) is 0 Å². The lowest BCUT2D eigenvalue weighted by atomic mass is 10.2.